The van der Waals surface area contributed by atoms with E-state index in [-0.39, 0.29) is 11.7 Å². The molecule has 1 aliphatic heterocycles. The Morgan fingerprint density at radius 3 is 2.75 bits per heavy atom. The van der Waals surface area contributed by atoms with E-state index in [0.29, 0.717) is 13.0 Å². The molecule has 1 heterocycles. The number of carbonyl (C=O) groups is 2. The largest absolute Gasteiger partial charge is 0.480 e. The number of carboxylic acid groups (broad SMARTS) is 1. The van der Waals surface area contributed by atoms with Crippen LogP contribution in [0.3, 0.4) is 0 Å². The molecule has 68 valence electrons. The van der Waals surface area contributed by atoms with Crippen molar-refractivity contribution in [2.45, 2.75) is 18.9 Å². The summed E-state index contributed by atoms with van der Waals surface area (Å²) in [5.41, 5.74) is 0. The molecule has 12 heavy (non-hydrogen) atoms. The van der Waals surface area contributed by atoms with Crippen molar-refractivity contribution in [2.24, 2.45) is 0 Å². The van der Waals surface area contributed by atoms with Gasteiger partial charge in [0.25, 0.3) is 0 Å². The van der Waals surface area contributed by atoms with Gasteiger partial charge in [0, 0.05) is 6.54 Å². The summed E-state index contributed by atoms with van der Waals surface area (Å²) >= 11 is 3.82. The molecule has 4 nitrogen and oxygen atoms in total. The molecule has 0 aromatic heterocycles. The number of likely N-dealkylation sites (tertiary alicyclic amines) is 1. The lowest BCUT2D eigenvalue weighted by Crippen LogP contribution is -2.41. The van der Waals surface area contributed by atoms with Gasteiger partial charge in [-0.1, -0.05) is 0 Å². The highest BCUT2D eigenvalue weighted by Gasteiger charge is 2.32. The minimum Gasteiger partial charge on any atom is -0.480 e. The molecule has 0 aromatic carbocycles. The third-order valence-electron chi connectivity index (χ3n) is 1.99. The maximum Gasteiger partial charge on any atom is 0.326 e. The van der Waals surface area contributed by atoms with Crippen LogP contribution in [0.15, 0.2) is 0 Å². The predicted octanol–water partition coefficient (Wildman–Crippen LogP) is -0.00820. The van der Waals surface area contributed by atoms with Gasteiger partial charge in [0.15, 0.2) is 0 Å². The van der Waals surface area contributed by atoms with Crippen molar-refractivity contribution in [1.29, 1.82) is 0 Å². The van der Waals surface area contributed by atoms with E-state index in [2.05, 4.69) is 12.6 Å². The third-order valence-corrected chi connectivity index (χ3v) is 2.26. The molecular weight excluding hydrogens is 178 g/mol. The number of hydrogen-bond acceptors (Lipinski definition) is 3. The average Bonchev–Trinajstić information content (AvgIpc) is 2.50. The van der Waals surface area contributed by atoms with Crippen molar-refractivity contribution in [3.05, 3.63) is 0 Å². The summed E-state index contributed by atoms with van der Waals surface area (Å²) in [6.45, 7) is 0.552. The van der Waals surface area contributed by atoms with E-state index in [1.807, 2.05) is 0 Å². The first-order valence-electron chi connectivity index (χ1n) is 3.80. The highest BCUT2D eigenvalue weighted by molar-refractivity contribution is 7.81. The number of thiol groups is 1. The lowest BCUT2D eigenvalue weighted by atomic mass is 10.2. The van der Waals surface area contributed by atoms with Crippen LogP contribution in [0.2, 0.25) is 0 Å². The first kappa shape index (κ1) is 9.38. The van der Waals surface area contributed by atoms with Crippen LogP contribution in [0.1, 0.15) is 12.8 Å². The van der Waals surface area contributed by atoms with E-state index in [4.69, 9.17) is 5.11 Å². The Kier molecular flexibility index (Phi) is 2.97. The van der Waals surface area contributed by atoms with Crippen LogP contribution in [0.5, 0.6) is 0 Å². The maximum absolute atomic E-state index is 11.1. The van der Waals surface area contributed by atoms with Crippen LogP contribution in [-0.2, 0) is 9.59 Å². The van der Waals surface area contributed by atoms with Gasteiger partial charge in [-0.15, -0.1) is 0 Å². The summed E-state index contributed by atoms with van der Waals surface area (Å²) in [5, 5.41) is 8.71. The van der Waals surface area contributed by atoms with E-state index in [1.54, 1.807) is 0 Å². The standard InChI is InChI=1S/C7H11NO3S/c9-6(4-12)8-3-1-2-5(8)7(10)11/h5,12H,1-4H2,(H,10,11). The van der Waals surface area contributed by atoms with Crippen LogP contribution >= 0.6 is 12.6 Å². The van der Waals surface area contributed by atoms with E-state index in [1.165, 1.54) is 4.90 Å². The summed E-state index contributed by atoms with van der Waals surface area (Å²) in [5.74, 6) is -1.02. The quantitative estimate of drug-likeness (QED) is 0.601. The van der Waals surface area contributed by atoms with Crippen molar-refractivity contribution in [3.63, 3.8) is 0 Å². The lowest BCUT2D eigenvalue weighted by molar-refractivity contribution is -0.147. The number of hydrogen-bond donors (Lipinski definition) is 2. The van der Waals surface area contributed by atoms with Gasteiger partial charge < -0.3 is 10.0 Å². The fourth-order valence-corrected chi connectivity index (χ4v) is 1.59. The summed E-state index contributed by atoms with van der Waals surface area (Å²) in [4.78, 5) is 23.1. The van der Waals surface area contributed by atoms with Gasteiger partial charge in [-0.3, -0.25) is 4.79 Å². The molecule has 0 radical (unpaired) electrons. The molecule has 1 atom stereocenters. The van der Waals surface area contributed by atoms with E-state index >= 15 is 0 Å². The summed E-state index contributed by atoms with van der Waals surface area (Å²) < 4.78 is 0. The smallest absolute Gasteiger partial charge is 0.326 e. The SMILES string of the molecule is O=C(O)C1CCCN1C(=O)CS. The zero-order chi connectivity index (χ0) is 9.14. The molecule has 0 aromatic rings. The number of carboxylic acids is 1. The van der Waals surface area contributed by atoms with Gasteiger partial charge in [0.05, 0.1) is 5.75 Å². The number of rotatable bonds is 2. The van der Waals surface area contributed by atoms with Crippen LogP contribution in [-0.4, -0.2) is 40.2 Å². The van der Waals surface area contributed by atoms with Gasteiger partial charge >= 0.3 is 5.97 Å². The van der Waals surface area contributed by atoms with Crippen LogP contribution in [0.25, 0.3) is 0 Å². The minimum absolute atomic E-state index is 0.0871. The zero-order valence-electron chi connectivity index (χ0n) is 6.56. The number of nitrogens with zero attached hydrogens (tertiary/aromatic N) is 1. The van der Waals surface area contributed by atoms with Crippen LogP contribution in [0, 0.1) is 0 Å². The van der Waals surface area contributed by atoms with Gasteiger partial charge in [0.1, 0.15) is 6.04 Å². The molecule has 1 aliphatic rings. The molecule has 1 N–H and O–H groups in total. The van der Waals surface area contributed by atoms with E-state index < -0.39 is 12.0 Å². The molecule has 0 aliphatic carbocycles. The van der Waals surface area contributed by atoms with Crippen LogP contribution < -0.4 is 0 Å². The monoisotopic (exact) mass is 189 g/mol. The Morgan fingerprint density at radius 2 is 2.25 bits per heavy atom. The van der Waals surface area contributed by atoms with Crippen molar-refractivity contribution in [1.82, 2.24) is 4.90 Å². The van der Waals surface area contributed by atoms with E-state index in [9.17, 15) is 9.59 Å². The molecule has 1 unspecified atom stereocenters. The number of carbonyl (C=O) groups excluding carboxylic acids is 1. The summed E-state index contributed by atoms with van der Waals surface area (Å²) in [6, 6.07) is -0.621. The van der Waals surface area contributed by atoms with E-state index in [0.717, 1.165) is 6.42 Å². The number of aliphatic carboxylic acids is 1. The van der Waals surface area contributed by atoms with Crippen molar-refractivity contribution in [2.75, 3.05) is 12.3 Å². The Bertz CT molecular complexity index is 207. The second kappa shape index (κ2) is 3.80. The topological polar surface area (TPSA) is 57.6 Å². The molecule has 5 heteroatoms. The fourth-order valence-electron chi connectivity index (χ4n) is 1.41. The van der Waals surface area contributed by atoms with Crippen LogP contribution in [0.4, 0.5) is 0 Å². The Morgan fingerprint density at radius 1 is 1.58 bits per heavy atom. The highest BCUT2D eigenvalue weighted by atomic mass is 32.1. The second-order valence-corrected chi connectivity index (χ2v) is 3.06. The van der Waals surface area contributed by atoms with Gasteiger partial charge in [-0.05, 0) is 12.8 Å². The molecule has 0 spiro atoms. The van der Waals surface area contributed by atoms with Gasteiger partial charge in [-0.25, -0.2) is 4.79 Å². The molecule has 1 amide bonds. The second-order valence-electron chi connectivity index (χ2n) is 2.74. The minimum atomic E-state index is -0.914. The number of amides is 1. The molecular formula is C7H11NO3S. The first-order valence-corrected chi connectivity index (χ1v) is 4.43. The first-order chi connectivity index (χ1) is 5.66. The normalized spacial score (nSPS) is 22.8. The molecule has 1 saturated heterocycles. The summed E-state index contributed by atoms with van der Waals surface area (Å²) in [6.07, 6.45) is 1.34. The Labute approximate surface area is 76.0 Å². The molecule has 1 fully saturated rings. The lowest BCUT2D eigenvalue weighted by Gasteiger charge is -2.19. The summed E-state index contributed by atoms with van der Waals surface area (Å²) in [7, 11) is 0. The average molecular weight is 189 g/mol. The Hall–Kier alpha value is -0.710. The fraction of sp³-hybridized carbons (Fsp3) is 0.714. The molecule has 0 bridgehead atoms. The molecule has 1 rings (SSSR count). The van der Waals surface area contributed by atoms with Gasteiger partial charge in [-0.2, -0.15) is 12.6 Å². The molecule has 0 saturated carbocycles. The highest BCUT2D eigenvalue weighted by Crippen LogP contribution is 2.17. The third kappa shape index (κ3) is 1.72. The maximum atomic E-state index is 11.1. The van der Waals surface area contributed by atoms with Crippen molar-refractivity contribution >= 4 is 24.5 Å². The van der Waals surface area contributed by atoms with Crippen molar-refractivity contribution in [3.8, 4) is 0 Å². The van der Waals surface area contributed by atoms with Crippen molar-refractivity contribution < 1.29 is 14.7 Å². The zero-order valence-corrected chi connectivity index (χ0v) is 7.46. The van der Waals surface area contributed by atoms with Gasteiger partial charge in [0.2, 0.25) is 5.91 Å². The Balaban J connectivity index is 2.63. The predicted molar refractivity (Wildman–Crippen MR) is 46.2 cm³/mol.